The highest BCUT2D eigenvalue weighted by molar-refractivity contribution is 5.85. The Labute approximate surface area is 564 Å². The average molecular weight is 1240 g/mol. The van der Waals surface area contributed by atoms with Crippen molar-refractivity contribution in [2.75, 3.05) is 0 Å². The molecule has 90 heavy (non-hydrogen) atoms. The molecular weight excluding hydrogens is 1080 g/mol. The first-order chi connectivity index (χ1) is 44.4. The highest BCUT2D eigenvalue weighted by Gasteiger charge is 2.36. The summed E-state index contributed by atoms with van der Waals surface area (Å²) < 4.78 is 1.79. The van der Waals surface area contributed by atoms with Crippen molar-refractivity contribution in [3.63, 3.8) is 0 Å². The van der Waals surface area contributed by atoms with Crippen LogP contribution >= 0.6 is 0 Å². The molecule has 0 aliphatic carbocycles. The molecule has 2 heteroatoms. The van der Waals surface area contributed by atoms with E-state index in [0.717, 1.165) is 49.9 Å². The van der Waals surface area contributed by atoms with Gasteiger partial charge in [0.05, 0.1) is 5.57 Å². The van der Waals surface area contributed by atoms with Crippen LogP contribution in [0.5, 0.6) is 0 Å². The first-order valence-corrected chi connectivity index (χ1v) is 41.4. The number of rotatable bonds is 65. The van der Waals surface area contributed by atoms with Gasteiger partial charge in [-0.3, -0.25) is 0 Å². The van der Waals surface area contributed by atoms with E-state index in [0.29, 0.717) is 0 Å². The van der Waals surface area contributed by atoms with E-state index >= 15 is 0 Å². The lowest BCUT2D eigenvalue weighted by atomic mass is 9.86. The van der Waals surface area contributed by atoms with Crippen LogP contribution in [-0.4, -0.2) is 4.70 Å². The third-order valence-corrected chi connectivity index (χ3v) is 20.8. The van der Waals surface area contributed by atoms with E-state index in [4.69, 9.17) is 0 Å². The lowest BCUT2D eigenvalue weighted by Crippen LogP contribution is -2.09. The third kappa shape index (κ3) is 36.2. The van der Waals surface area contributed by atoms with E-state index in [-0.39, 0.29) is 0 Å². The Morgan fingerprint density at radius 2 is 0.478 bits per heavy atom. The maximum absolute atomic E-state index is 13.6. The maximum Gasteiger partial charge on any atom is 0.215 e. The van der Waals surface area contributed by atoms with Crippen molar-refractivity contribution in [1.82, 2.24) is 0 Å². The van der Waals surface area contributed by atoms with E-state index in [1.165, 1.54) is 382 Å². The summed E-state index contributed by atoms with van der Waals surface area (Å²) in [5.74, 6) is 0. The Hall–Kier alpha value is -2.74. The fourth-order valence-electron chi connectivity index (χ4n) is 15.0. The van der Waals surface area contributed by atoms with Crippen LogP contribution in [0.1, 0.15) is 459 Å². The summed E-state index contributed by atoms with van der Waals surface area (Å²) in [5, 5.41) is 0. The third-order valence-electron chi connectivity index (χ3n) is 20.8. The molecular formula is C88H154N2. The molecule has 2 aromatic rings. The van der Waals surface area contributed by atoms with Crippen molar-refractivity contribution in [2.24, 2.45) is 0 Å². The van der Waals surface area contributed by atoms with Crippen molar-refractivity contribution in [3.05, 3.63) is 97.6 Å². The zero-order chi connectivity index (χ0) is 64.6. The van der Waals surface area contributed by atoms with E-state index in [2.05, 4.69) is 91.8 Å². The fraction of sp³-hybridized carbons (Fsp3) is 0.795. The molecule has 0 atom stereocenters. The molecule has 0 spiro atoms. The first-order valence-electron chi connectivity index (χ1n) is 41.4. The summed E-state index contributed by atoms with van der Waals surface area (Å²) in [7, 11) is 0. The Morgan fingerprint density at radius 1 is 0.256 bits per heavy atom. The summed E-state index contributed by atoms with van der Waals surface area (Å²) >= 11 is 0. The van der Waals surface area contributed by atoms with Crippen LogP contribution in [0.15, 0.2) is 47.6 Å². The van der Waals surface area contributed by atoms with Gasteiger partial charge in [0.25, 0.3) is 0 Å². The van der Waals surface area contributed by atoms with Crippen LogP contribution in [-0.2, 0) is 38.5 Å². The van der Waals surface area contributed by atoms with E-state index < -0.39 is 0 Å². The van der Waals surface area contributed by atoms with Gasteiger partial charge in [0.1, 0.15) is 0 Å². The van der Waals surface area contributed by atoms with Crippen LogP contribution < -0.4 is 0 Å². The largest absolute Gasteiger partial charge is 0.493 e. The van der Waals surface area contributed by atoms with Gasteiger partial charge in [0.15, 0.2) is 0 Å². The highest BCUT2D eigenvalue weighted by atomic mass is 15.2. The smallest absolute Gasteiger partial charge is 0.215 e. The van der Waals surface area contributed by atoms with Gasteiger partial charge < -0.3 is 5.53 Å². The minimum absolute atomic E-state index is 1.02. The molecule has 1 aliphatic heterocycles. The number of unbranched alkanes of at least 4 members (excludes halogenated alkanes) is 47. The summed E-state index contributed by atoms with van der Waals surface area (Å²) in [6.07, 6.45) is 87.2. The van der Waals surface area contributed by atoms with Crippen molar-refractivity contribution in [3.8, 4) is 0 Å². The molecule has 0 fully saturated rings. The average Bonchev–Trinajstić information content (AvgIpc) is 1.59. The van der Waals surface area contributed by atoms with Gasteiger partial charge in [-0.05, 0) is 160 Å². The minimum Gasteiger partial charge on any atom is -0.493 e. The number of hydrogen-bond acceptors (Lipinski definition) is 0. The van der Waals surface area contributed by atoms with Crippen molar-refractivity contribution in [1.29, 1.82) is 0 Å². The lowest BCUT2D eigenvalue weighted by molar-refractivity contribution is -0.345. The molecule has 2 aromatic carbocycles. The van der Waals surface area contributed by atoms with Gasteiger partial charge in [-0.15, -0.1) is 0 Å². The Morgan fingerprint density at radius 3 is 0.778 bits per heavy atom. The van der Waals surface area contributed by atoms with E-state index in [1.54, 1.807) is 38.1 Å². The molecule has 2 nitrogen and oxygen atoms in total. The minimum atomic E-state index is 1.02. The number of nitrogens with zero attached hydrogens (tertiary/aromatic N) is 2. The van der Waals surface area contributed by atoms with E-state index in [9.17, 15) is 5.53 Å². The van der Waals surface area contributed by atoms with Gasteiger partial charge >= 0.3 is 0 Å². The predicted octanol–water partition coefficient (Wildman–Crippen LogP) is 30.7. The summed E-state index contributed by atoms with van der Waals surface area (Å²) in [4.78, 5) is 0. The molecule has 516 valence electrons. The van der Waals surface area contributed by atoms with Crippen molar-refractivity contribution in [2.45, 2.75) is 453 Å². The second-order valence-electron chi connectivity index (χ2n) is 29.2. The molecule has 1 heterocycles. The monoisotopic (exact) mass is 1240 g/mol. The van der Waals surface area contributed by atoms with Crippen molar-refractivity contribution >= 4 is 11.4 Å². The lowest BCUT2D eigenvalue weighted by Gasteiger charge is -2.20. The zero-order valence-corrected chi connectivity index (χ0v) is 62.2. The second kappa shape index (κ2) is 57.7. The topological polar surface area (TPSA) is 25.3 Å². The summed E-state index contributed by atoms with van der Waals surface area (Å²) in [6.45, 7) is 18.8. The molecule has 3 rings (SSSR count). The molecule has 0 aromatic heterocycles. The van der Waals surface area contributed by atoms with Gasteiger partial charge in [-0.25, -0.2) is 4.70 Å². The quantitative estimate of drug-likeness (QED) is 0.0466. The SMILES string of the molecule is CCCCCCCCCCCCCCCCCCCCCCCCCCC=CC1=C(c2cc(CCCCCC)c(CCCCC)c(CCCCCC)c2)[N+](=[N-])C(c2cc(CCCCCC)c(CCCCC)c(CCCCCC)c2)=C1CCCCCCCCCC. The fourth-order valence-corrected chi connectivity index (χ4v) is 15.0. The Bertz CT molecular complexity index is 2060. The molecule has 0 unspecified atom stereocenters. The molecule has 0 radical (unpaired) electrons. The van der Waals surface area contributed by atoms with E-state index in [1.807, 2.05) is 0 Å². The number of aryl methyl sites for hydroxylation is 4. The summed E-state index contributed by atoms with van der Waals surface area (Å²) in [6, 6.07) is 10.5. The normalized spacial score (nSPS) is 12.9. The Balaban J connectivity index is 1.98. The van der Waals surface area contributed by atoms with Gasteiger partial charge in [0, 0.05) is 16.7 Å². The number of hydrogen-bond donors (Lipinski definition) is 0. The number of allylic oxidation sites excluding steroid dienone is 4. The molecule has 0 amide bonds. The van der Waals surface area contributed by atoms with Crippen molar-refractivity contribution < 1.29 is 4.70 Å². The standard InChI is InChI=1S/C88H154N2/c1-9-17-25-31-33-35-36-37-38-39-40-41-42-43-44-45-46-47-48-49-50-51-52-54-56-64-72-86-85(71-63-55-53-34-32-26-18-10-2)87(81-73-77(65-59-27-19-11-3)83(69-57-23-15-7)78(74-81)66-60-28-20-12-4)90(89)88(86)82-75-79(67-61-29-21-13-5)84(70-58-24-16-8)80(76-82)68-62-30-22-14-6/h64,72-76H,9-63,65-71H2,1-8H3. The zero-order valence-electron chi connectivity index (χ0n) is 62.2. The van der Waals surface area contributed by atoms with Crippen LogP contribution in [0.4, 0.5) is 0 Å². The molecule has 0 bridgehead atoms. The van der Waals surface area contributed by atoms with Gasteiger partial charge in [-0.1, -0.05) is 363 Å². The maximum atomic E-state index is 13.6. The van der Waals surface area contributed by atoms with Crippen LogP contribution in [0, 0.1) is 0 Å². The predicted molar refractivity (Wildman–Crippen MR) is 406 cm³/mol. The molecule has 1 aliphatic rings. The molecule has 0 N–H and O–H groups in total. The van der Waals surface area contributed by atoms with Crippen LogP contribution in [0.3, 0.4) is 0 Å². The summed E-state index contributed by atoms with van der Waals surface area (Å²) in [5.41, 5.74) is 30.7. The number of benzene rings is 2. The molecule has 0 saturated heterocycles. The van der Waals surface area contributed by atoms with Crippen LogP contribution in [0.25, 0.3) is 16.9 Å². The van der Waals surface area contributed by atoms with Gasteiger partial charge in [-0.2, -0.15) is 0 Å². The van der Waals surface area contributed by atoms with Crippen LogP contribution in [0.2, 0.25) is 0 Å². The Kier molecular flexibility index (Phi) is 52.2. The first kappa shape index (κ1) is 81.5. The molecule has 0 saturated carbocycles. The highest BCUT2D eigenvalue weighted by Crippen LogP contribution is 2.45. The van der Waals surface area contributed by atoms with Gasteiger partial charge in [0.2, 0.25) is 11.4 Å². The second-order valence-corrected chi connectivity index (χ2v) is 29.2.